The third-order valence-electron chi connectivity index (χ3n) is 3.42. The normalized spacial score (nSPS) is 11.5. The first-order valence-electron chi connectivity index (χ1n) is 7.08. The average Bonchev–Trinajstić information content (AvgIpc) is 2.59. The second kappa shape index (κ2) is 7.26. The fourth-order valence-electron chi connectivity index (χ4n) is 2.10. The summed E-state index contributed by atoms with van der Waals surface area (Å²) in [6, 6.07) is 5.96. The Morgan fingerprint density at radius 3 is 2.35 bits per heavy atom. The molecule has 9 heteroatoms. The Morgan fingerprint density at radius 2 is 1.85 bits per heavy atom. The molecule has 26 heavy (non-hydrogen) atoms. The summed E-state index contributed by atoms with van der Waals surface area (Å²) in [5.74, 6) is -1.39. The topological polar surface area (TPSA) is 89.7 Å². The molecule has 0 aliphatic heterocycles. The number of rotatable bonds is 5. The zero-order valence-electron chi connectivity index (χ0n) is 13.3. The van der Waals surface area contributed by atoms with Crippen LogP contribution in [0.25, 0.3) is 6.08 Å². The van der Waals surface area contributed by atoms with E-state index in [1.54, 1.807) is 0 Å². The number of ketones is 1. The molecule has 6 nitrogen and oxygen atoms in total. The molecule has 1 N–H and O–H groups in total. The van der Waals surface area contributed by atoms with Crippen molar-refractivity contribution in [2.45, 2.75) is 6.18 Å². The number of alkyl halides is 3. The number of phenols is 1. The number of methoxy groups -OCH3 is 1. The van der Waals surface area contributed by atoms with Gasteiger partial charge in [-0.15, -0.1) is 0 Å². The highest BCUT2D eigenvalue weighted by molar-refractivity contribution is 6.06. The first-order chi connectivity index (χ1) is 12.1. The molecule has 0 bridgehead atoms. The molecule has 2 rings (SSSR count). The first-order valence-corrected chi connectivity index (χ1v) is 7.08. The second-order valence-electron chi connectivity index (χ2n) is 5.12. The van der Waals surface area contributed by atoms with Crippen molar-refractivity contribution in [2.75, 3.05) is 7.11 Å². The number of carbonyl (C=O) groups excluding carboxylic acids is 1. The Morgan fingerprint density at radius 1 is 1.23 bits per heavy atom. The van der Waals surface area contributed by atoms with Crippen LogP contribution in [0.15, 0.2) is 42.5 Å². The van der Waals surface area contributed by atoms with Crippen molar-refractivity contribution in [2.24, 2.45) is 0 Å². The Balaban J connectivity index is 2.28. The van der Waals surface area contributed by atoms with Gasteiger partial charge in [0.1, 0.15) is 0 Å². The molecule has 0 aliphatic carbocycles. The average molecular weight is 367 g/mol. The van der Waals surface area contributed by atoms with E-state index in [-0.39, 0.29) is 16.9 Å². The predicted octanol–water partition coefficient (Wildman–Crippen LogP) is 4.22. The van der Waals surface area contributed by atoms with E-state index < -0.39 is 33.9 Å². The summed E-state index contributed by atoms with van der Waals surface area (Å²) in [5, 5.41) is 20.6. The molecule has 136 valence electrons. The van der Waals surface area contributed by atoms with Crippen LogP contribution in [0.2, 0.25) is 0 Å². The molecular formula is C17H12F3NO5. The standard InChI is InChI=1S/C17H12F3NO5/c1-26-15-9-10(8-13(16(15)23)21(24)25)2-7-14(22)11-3-5-12(6-4-11)17(18,19)20/h2-9,23H,1H3/b7-2+. The Labute approximate surface area is 145 Å². The smallest absolute Gasteiger partial charge is 0.416 e. The van der Waals surface area contributed by atoms with Gasteiger partial charge in [-0.3, -0.25) is 14.9 Å². The van der Waals surface area contributed by atoms with Crippen molar-refractivity contribution >= 4 is 17.5 Å². The number of nitro groups is 1. The van der Waals surface area contributed by atoms with Gasteiger partial charge in [-0.05, 0) is 29.8 Å². The minimum atomic E-state index is -4.50. The van der Waals surface area contributed by atoms with Crippen molar-refractivity contribution < 1.29 is 32.7 Å². The van der Waals surface area contributed by atoms with Gasteiger partial charge in [-0.2, -0.15) is 13.2 Å². The lowest BCUT2D eigenvalue weighted by Gasteiger charge is -2.06. The molecule has 0 saturated heterocycles. The van der Waals surface area contributed by atoms with Crippen LogP contribution in [0.3, 0.4) is 0 Å². The minimum Gasteiger partial charge on any atom is -0.500 e. The van der Waals surface area contributed by atoms with Crippen molar-refractivity contribution in [3.05, 3.63) is 69.3 Å². The summed E-state index contributed by atoms with van der Waals surface area (Å²) in [6.07, 6.45) is -2.22. The van der Waals surface area contributed by atoms with Crippen LogP contribution >= 0.6 is 0 Å². The molecule has 0 aromatic heterocycles. The van der Waals surface area contributed by atoms with Crippen LogP contribution in [0, 0.1) is 10.1 Å². The third-order valence-corrected chi connectivity index (χ3v) is 3.42. The fourth-order valence-corrected chi connectivity index (χ4v) is 2.10. The largest absolute Gasteiger partial charge is 0.500 e. The maximum Gasteiger partial charge on any atom is 0.416 e. The number of aromatic hydroxyl groups is 1. The van der Waals surface area contributed by atoms with Crippen LogP contribution < -0.4 is 4.74 Å². The Kier molecular flexibility index (Phi) is 5.30. The summed E-state index contributed by atoms with van der Waals surface area (Å²) >= 11 is 0. The van der Waals surface area contributed by atoms with E-state index in [1.165, 1.54) is 19.3 Å². The van der Waals surface area contributed by atoms with E-state index >= 15 is 0 Å². The number of phenolic OH excluding ortho intramolecular Hbond substituents is 1. The molecule has 0 atom stereocenters. The number of carbonyl (C=O) groups is 1. The van der Waals surface area contributed by atoms with Crippen LogP contribution in [-0.4, -0.2) is 22.9 Å². The Bertz CT molecular complexity index is 873. The molecule has 0 saturated carbocycles. The fraction of sp³-hybridized carbons (Fsp3) is 0.118. The van der Waals surface area contributed by atoms with Crippen LogP contribution in [0.1, 0.15) is 21.5 Å². The van der Waals surface area contributed by atoms with Crippen molar-refractivity contribution in [3.8, 4) is 11.5 Å². The predicted molar refractivity (Wildman–Crippen MR) is 86.1 cm³/mol. The highest BCUT2D eigenvalue weighted by Gasteiger charge is 2.30. The molecule has 2 aromatic rings. The van der Waals surface area contributed by atoms with Crippen LogP contribution in [0.5, 0.6) is 11.5 Å². The van der Waals surface area contributed by atoms with Gasteiger partial charge in [0.15, 0.2) is 11.5 Å². The lowest BCUT2D eigenvalue weighted by atomic mass is 10.1. The number of nitrogens with zero attached hydrogens (tertiary/aromatic N) is 1. The minimum absolute atomic E-state index is 0.0227. The van der Waals surface area contributed by atoms with Gasteiger partial charge in [-0.25, -0.2) is 0 Å². The van der Waals surface area contributed by atoms with E-state index in [0.717, 1.165) is 36.4 Å². The molecule has 0 fully saturated rings. The molecule has 0 aliphatic rings. The number of allylic oxidation sites excluding steroid dienone is 1. The molecule has 0 heterocycles. The number of nitro benzene ring substituents is 1. The number of hydrogen-bond acceptors (Lipinski definition) is 5. The summed E-state index contributed by atoms with van der Waals surface area (Å²) in [7, 11) is 1.21. The SMILES string of the molecule is COc1cc(/C=C/C(=O)c2ccc(C(F)(F)F)cc2)cc([N+](=O)[O-])c1O. The zero-order chi connectivity index (χ0) is 19.5. The lowest BCUT2D eigenvalue weighted by Crippen LogP contribution is -2.05. The first kappa shape index (κ1) is 19.0. The number of hydrogen-bond donors (Lipinski definition) is 1. The van der Waals surface area contributed by atoms with Gasteiger partial charge < -0.3 is 9.84 Å². The van der Waals surface area contributed by atoms with Gasteiger partial charge in [0, 0.05) is 11.6 Å². The van der Waals surface area contributed by atoms with Crippen molar-refractivity contribution in [1.29, 1.82) is 0 Å². The third kappa shape index (κ3) is 4.18. The molecule has 0 amide bonds. The summed E-state index contributed by atoms with van der Waals surface area (Å²) < 4.78 is 42.4. The zero-order valence-corrected chi connectivity index (χ0v) is 13.3. The van der Waals surface area contributed by atoms with Gasteiger partial charge in [0.25, 0.3) is 0 Å². The van der Waals surface area contributed by atoms with E-state index in [4.69, 9.17) is 4.74 Å². The maximum atomic E-state index is 12.5. The molecule has 2 aromatic carbocycles. The van der Waals surface area contributed by atoms with Gasteiger partial charge in [-0.1, -0.05) is 18.2 Å². The van der Waals surface area contributed by atoms with E-state index in [1.807, 2.05) is 0 Å². The van der Waals surface area contributed by atoms with Gasteiger partial charge in [0.2, 0.25) is 5.75 Å². The van der Waals surface area contributed by atoms with Crippen molar-refractivity contribution in [1.82, 2.24) is 0 Å². The van der Waals surface area contributed by atoms with E-state index in [2.05, 4.69) is 0 Å². The second-order valence-corrected chi connectivity index (χ2v) is 5.12. The van der Waals surface area contributed by atoms with Crippen LogP contribution in [0.4, 0.5) is 18.9 Å². The lowest BCUT2D eigenvalue weighted by molar-refractivity contribution is -0.386. The Hall–Kier alpha value is -3.36. The van der Waals surface area contributed by atoms with Crippen LogP contribution in [-0.2, 0) is 6.18 Å². The summed E-state index contributed by atoms with van der Waals surface area (Å²) in [6.45, 7) is 0. The van der Waals surface area contributed by atoms with Crippen molar-refractivity contribution in [3.63, 3.8) is 0 Å². The number of benzene rings is 2. The quantitative estimate of drug-likeness (QED) is 0.370. The van der Waals surface area contributed by atoms with E-state index in [0.29, 0.717) is 0 Å². The maximum absolute atomic E-state index is 12.5. The molecular weight excluding hydrogens is 355 g/mol. The van der Waals surface area contributed by atoms with Gasteiger partial charge >= 0.3 is 11.9 Å². The number of ether oxygens (including phenoxy) is 1. The van der Waals surface area contributed by atoms with Gasteiger partial charge in [0.05, 0.1) is 17.6 Å². The number of halogens is 3. The molecule has 0 spiro atoms. The molecule has 0 unspecified atom stereocenters. The monoisotopic (exact) mass is 367 g/mol. The summed E-state index contributed by atoms with van der Waals surface area (Å²) in [4.78, 5) is 22.1. The highest BCUT2D eigenvalue weighted by Crippen LogP contribution is 2.37. The molecule has 0 radical (unpaired) electrons. The highest BCUT2D eigenvalue weighted by atomic mass is 19.4. The summed E-state index contributed by atoms with van der Waals surface area (Å²) in [5.41, 5.74) is -1.26. The van der Waals surface area contributed by atoms with E-state index in [9.17, 15) is 33.2 Å².